The van der Waals surface area contributed by atoms with Crippen LogP contribution in [0.2, 0.25) is 0 Å². The molecule has 266 valence electrons. The highest BCUT2D eigenvalue weighted by molar-refractivity contribution is 7.88. The van der Waals surface area contributed by atoms with Gasteiger partial charge in [0.25, 0.3) is 0 Å². The van der Waals surface area contributed by atoms with Crippen LogP contribution in [0, 0.1) is 0 Å². The van der Waals surface area contributed by atoms with E-state index in [0.717, 1.165) is 52.5 Å². The van der Waals surface area contributed by atoms with Gasteiger partial charge in [0.2, 0.25) is 0 Å². The second-order valence-corrected chi connectivity index (χ2v) is 16.5. The van der Waals surface area contributed by atoms with Gasteiger partial charge in [0, 0.05) is 20.2 Å². The standard InChI is InChI=1S/C38H18F6O6S3/c39-37(40,41)52(45,46)49-19-9-11-25-27(13-19)21-5-1-3-7-23(21)29-15-33-34-16-30-24-8-4-2-6-22(24)28-14-20(50-53(47,48)38(42,43)44)10-12-26(28)32(30)18-36(34)51-35(33)17-31(25)29/h1-18H. The minimum absolute atomic E-state index is 0.478. The molecule has 0 radical (unpaired) electrons. The van der Waals surface area contributed by atoms with Gasteiger partial charge in [0.1, 0.15) is 11.5 Å². The molecule has 0 atom stereocenters. The average molecular weight is 781 g/mol. The third-order valence-electron chi connectivity index (χ3n) is 9.31. The molecule has 8 aromatic carbocycles. The summed E-state index contributed by atoms with van der Waals surface area (Å²) < 4.78 is 136. The van der Waals surface area contributed by atoms with Crippen LogP contribution in [-0.4, -0.2) is 27.9 Å². The number of hydrogen-bond acceptors (Lipinski definition) is 7. The number of hydrogen-bond donors (Lipinski definition) is 0. The van der Waals surface area contributed by atoms with Crippen molar-refractivity contribution in [3.05, 3.63) is 109 Å². The van der Waals surface area contributed by atoms with Crippen molar-refractivity contribution in [3.63, 3.8) is 0 Å². The van der Waals surface area contributed by atoms with E-state index in [0.29, 0.717) is 32.3 Å². The Morgan fingerprint density at radius 3 is 1.02 bits per heavy atom. The van der Waals surface area contributed by atoms with Crippen molar-refractivity contribution in [1.82, 2.24) is 0 Å². The van der Waals surface area contributed by atoms with Crippen LogP contribution in [0.3, 0.4) is 0 Å². The summed E-state index contributed by atoms with van der Waals surface area (Å²) in [6.45, 7) is 0. The van der Waals surface area contributed by atoms with Gasteiger partial charge in [0.15, 0.2) is 0 Å². The molecule has 0 aliphatic rings. The molecule has 0 N–H and O–H groups in total. The molecule has 0 aliphatic heterocycles. The molecule has 15 heteroatoms. The van der Waals surface area contributed by atoms with Gasteiger partial charge < -0.3 is 8.37 Å². The first-order valence-corrected chi connectivity index (χ1v) is 19.2. The Bertz CT molecular complexity index is 3080. The van der Waals surface area contributed by atoms with Crippen LogP contribution in [0.25, 0.3) is 84.8 Å². The lowest BCUT2D eigenvalue weighted by atomic mass is 9.92. The van der Waals surface area contributed by atoms with E-state index in [4.69, 9.17) is 0 Å². The molecule has 1 aromatic heterocycles. The van der Waals surface area contributed by atoms with Gasteiger partial charge in [-0.05, 0) is 125 Å². The van der Waals surface area contributed by atoms with Crippen molar-refractivity contribution in [3.8, 4) is 11.5 Å². The smallest absolute Gasteiger partial charge is 0.376 e. The Hall–Kier alpha value is -5.38. The van der Waals surface area contributed by atoms with E-state index in [9.17, 15) is 43.2 Å². The van der Waals surface area contributed by atoms with Gasteiger partial charge in [-0.15, -0.1) is 11.3 Å². The number of halogens is 6. The fourth-order valence-electron chi connectivity index (χ4n) is 7.08. The molecular weight excluding hydrogens is 763 g/mol. The Morgan fingerprint density at radius 1 is 0.377 bits per heavy atom. The molecule has 0 bridgehead atoms. The van der Waals surface area contributed by atoms with Gasteiger partial charge in [-0.1, -0.05) is 48.5 Å². The van der Waals surface area contributed by atoms with Crippen LogP contribution in [0.4, 0.5) is 26.3 Å². The first-order valence-electron chi connectivity index (χ1n) is 15.5. The van der Waals surface area contributed by atoms with E-state index in [2.05, 4.69) is 20.5 Å². The molecule has 9 rings (SSSR count). The third-order valence-corrected chi connectivity index (χ3v) is 12.4. The minimum Gasteiger partial charge on any atom is -0.376 e. The molecule has 9 aromatic rings. The van der Waals surface area contributed by atoms with Gasteiger partial charge in [-0.2, -0.15) is 43.2 Å². The highest BCUT2D eigenvalue weighted by Gasteiger charge is 2.49. The lowest BCUT2D eigenvalue weighted by Gasteiger charge is -2.14. The molecule has 0 fully saturated rings. The molecule has 0 saturated heterocycles. The van der Waals surface area contributed by atoms with Crippen molar-refractivity contribution in [2.45, 2.75) is 11.0 Å². The van der Waals surface area contributed by atoms with E-state index < -0.39 is 42.8 Å². The van der Waals surface area contributed by atoms with E-state index in [1.165, 1.54) is 47.7 Å². The number of thiophene rings is 1. The van der Waals surface area contributed by atoms with Gasteiger partial charge in [0.05, 0.1) is 0 Å². The van der Waals surface area contributed by atoms with Crippen LogP contribution < -0.4 is 8.37 Å². The first-order chi connectivity index (χ1) is 25.0. The normalized spacial score (nSPS) is 13.4. The van der Waals surface area contributed by atoms with Crippen molar-refractivity contribution in [2.24, 2.45) is 0 Å². The third kappa shape index (κ3) is 5.12. The summed E-state index contributed by atoms with van der Waals surface area (Å²) in [6, 6.07) is 30.7. The van der Waals surface area contributed by atoms with E-state index >= 15 is 0 Å². The Labute approximate surface area is 298 Å². The van der Waals surface area contributed by atoms with Crippen LogP contribution in [0.1, 0.15) is 0 Å². The SMILES string of the molecule is O=S(=O)(Oc1ccc2c(c1)c1ccccc1c1cc3c(cc21)sc1cc2c4ccc(OS(=O)(=O)C(F)(F)F)cc4c4ccccc4c2cc13)C(F)(F)F. The maximum absolute atomic E-state index is 13.1. The maximum atomic E-state index is 13.1. The zero-order valence-electron chi connectivity index (χ0n) is 26.3. The van der Waals surface area contributed by atoms with E-state index in [1.807, 2.05) is 36.4 Å². The lowest BCUT2D eigenvalue weighted by molar-refractivity contribution is -0.0504. The van der Waals surface area contributed by atoms with Gasteiger partial charge in [-0.25, -0.2) is 0 Å². The molecule has 53 heavy (non-hydrogen) atoms. The summed E-state index contributed by atoms with van der Waals surface area (Å²) in [7, 11) is -11.8. The summed E-state index contributed by atoms with van der Waals surface area (Å²) in [6.07, 6.45) is 0. The lowest BCUT2D eigenvalue weighted by Crippen LogP contribution is -2.28. The quantitative estimate of drug-likeness (QED) is 0.0765. The van der Waals surface area contributed by atoms with Crippen molar-refractivity contribution < 1.29 is 51.5 Å². The maximum Gasteiger partial charge on any atom is 0.534 e. The van der Waals surface area contributed by atoms with E-state index in [1.54, 1.807) is 24.3 Å². The number of rotatable bonds is 4. The summed E-state index contributed by atoms with van der Waals surface area (Å²) in [5.41, 5.74) is -11.2. The van der Waals surface area contributed by atoms with Crippen LogP contribution in [0.5, 0.6) is 11.5 Å². The fourth-order valence-corrected chi connectivity index (χ4v) is 9.13. The molecular formula is C38H18F6O6S3. The van der Waals surface area contributed by atoms with Crippen LogP contribution in [0.15, 0.2) is 109 Å². The number of alkyl halides is 6. The molecule has 0 aliphatic carbocycles. The summed E-state index contributed by atoms with van der Waals surface area (Å²) in [4.78, 5) is 0. The van der Waals surface area contributed by atoms with Crippen molar-refractivity contribution >= 4 is 116 Å². The minimum atomic E-state index is -5.89. The molecule has 6 nitrogen and oxygen atoms in total. The molecule has 0 amide bonds. The Morgan fingerprint density at radius 2 is 0.679 bits per heavy atom. The molecule has 0 spiro atoms. The van der Waals surface area contributed by atoms with Crippen LogP contribution in [-0.2, 0) is 20.2 Å². The first kappa shape index (κ1) is 33.5. The average Bonchev–Trinajstić information content (AvgIpc) is 3.45. The van der Waals surface area contributed by atoms with Gasteiger partial charge >= 0.3 is 31.3 Å². The summed E-state index contributed by atoms with van der Waals surface area (Å²) in [5, 5.41) is 10.4. The van der Waals surface area contributed by atoms with Gasteiger partial charge in [-0.3, -0.25) is 0 Å². The summed E-state index contributed by atoms with van der Waals surface area (Å²) in [5.74, 6) is -0.955. The second kappa shape index (κ2) is 11.1. The summed E-state index contributed by atoms with van der Waals surface area (Å²) >= 11 is 1.49. The highest BCUT2D eigenvalue weighted by Crippen LogP contribution is 2.46. The molecule has 0 unspecified atom stereocenters. The molecule has 1 heterocycles. The fraction of sp³-hybridized carbons (Fsp3) is 0.0526. The Kier molecular flexibility index (Phi) is 6.99. The predicted molar refractivity (Wildman–Crippen MR) is 196 cm³/mol. The number of benzene rings is 8. The second-order valence-electron chi connectivity index (χ2n) is 12.4. The number of fused-ring (bicyclic) bond motifs is 15. The zero-order chi connectivity index (χ0) is 37.2. The zero-order valence-corrected chi connectivity index (χ0v) is 28.8. The Balaban J connectivity index is 1.29. The molecule has 0 saturated carbocycles. The predicted octanol–water partition coefficient (Wildman–Crippen LogP) is 11.4. The van der Waals surface area contributed by atoms with Crippen molar-refractivity contribution in [2.75, 3.05) is 0 Å². The van der Waals surface area contributed by atoms with Crippen LogP contribution >= 0.6 is 11.3 Å². The van der Waals surface area contributed by atoms with Crippen molar-refractivity contribution in [1.29, 1.82) is 0 Å². The monoisotopic (exact) mass is 780 g/mol. The largest absolute Gasteiger partial charge is 0.534 e. The van der Waals surface area contributed by atoms with E-state index in [-0.39, 0.29) is 0 Å². The highest BCUT2D eigenvalue weighted by atomic mass is 32.2. The topological polar surface area (TPSA) is 86.7 Å².